The number of amides is 2. The fourth-order valence-corrected chi connectivity index (χ4v) is 4.06. The van der Waals surface area contributed by atoms with E-state index in [0.717, 1.165) is 24.1 Å². The summed E-state index contributed by atoms with van der Waals surface area (Å²) >= 11 is 0. The summed E-state index contributed by atoms with van der Waals surface area (Å²) in [6.07, 6.45) is 1.97. The Morgan fingerprint density at radius 2 is 1.78 bits per heavy atom. The van der Waals surface area contributed by atoms with Crippen molar-refractivity contribution in [1.29, 1.82) is 0 Å². The molecular weight excluding hydrogens is 456 g/mol. The van der Waals surface area contributed by atoms with Crippen LogP contribution in [-0.2, 0) is 6.54 Å². The van der Waals surface area contributed by atoms with Gasteiger partial charge in [-0.3, -0.25) is 4.79 Å². The maximum absolute atomic E-state index is 13.0. The maximum Gasteiger partial charge on any atom is 0.342 e. The SMILES string of the molecule is COc1ccccc1C(=O)Nc1ccc(O)c(-c2cc(C3CC3)n(C(=O)NCc3ccccc3)n2)c1. The highest BCUT2D eigenvalue weighted by molar-refractivity contribution is 6.06. The van der Waals surface area contributed by atoms with E-state index in [1.54, 1.807) is 36.4 Å². The van der Waals surface area contributed by atoms with Crippen LogP contribution in [0.3, 0.4) is 0 Å². The molecule has 8 heteroatoms. The van der Waals surface area contributed by atoms with Gasteiger partial charge in [0.25, 0.3) is 5.91 Å². The van der Waals surface area contributed by atoms with E-state index in [9.17, 15) is 14.7 Å². The summed E-state index contributed by atoms with van der Waals surface area (Å²) in [6, 6.07) is 22.9. The second-order valence-corrected chi connectivity index (χ2v) is 8.67. The van der Waals surface area contributed by atoms with Crippen molar-refractivity contribution in [2.75, 3.05) is 12.4 Å². The number of nitrogens with zero attached hydrogens (tertiary/aromatic N) is 2. The smallest absolute Gasteiger partial charge is 0.342 e. The summed E-state index contributed by atoms with van der Waals surface area (Å²) in [5.74, 6) is 0.378. The summed E-state index contributed by atoms with van der Waals surface area (Å²) in [4.78, 5) is 25.8. The van der Waals surface area contributed by atoms with Crippen LogP contribution in [0.1, 0.15) is 40.4 Å². The first-order valence-electron chi connectivity index (χ1n) is 11.7. The van der Waals surface area contributed by atoms with Gasteiger partial charge in [0.05, 0.1) is 24.1 Å². The number of hydrogen-bond donors (Lipinski definition) is 3. The molecule has 0 atom stereocenters. The van der Waals surface area contributed by atoms with Gasteiger partial charge in [0, 0.05) is 23.7 Å². The number of anilines is 1. The summed E-state index contributed by atoms with van der Waals surface area (Å²) < 4.78 is 6.66. The minimum Gasteiger partial charge on any atom is -0.507 e. The van der Waals surface area contributed by atoms with Gasteiger partial charge in [-0.25, -0.2) is 4.79 Å². The molecule has 1 heterocycles. The standard InChI is InChI=1S/C28H26N4O4/c1-36-26-10-6-5-9-21(26)27(34)30-20-13-14-25(33)22(15-20)23-16-24(19-11-12-19)32(31-23)28(35)29-17-18-7-3-2-4-8-18/h2-10,13-16,19,33H,11-12,17H2,1H3,(H,29,35)(H,30,34). The summed E-state index contributed by atoms with van der Waals surface area (Å²) in [7, 11) is 1.51. The lowest BCUT2D eigenvalue weighted by Gasteiger charge is -2.10. The first-order chi connectivity index (χ1) is 17.5. The fourth-order valence-electron chi connectivity index (χ4n) is 4.06. The molecule has 0 spiro atoms. The molecule has 0 saturated heterocycles. The van der Waals surface area contributed by atoms with Crippen LogP contribution in [-0.4, -0.2) is 33.9 Å². The number of carbonyl (C=O) groups is 2. The molecule has 182 valence electrons. The third-order valence-corrected chi connectivity index (χ3v) is 6.09. The predicted octanol–water partition coefficient (Wildman–Crippen LogP) is 5.15. The zero-order chi connectivity index (χ0) is 25.1. The van der Waals surface area contributed by atoms with Gasteiger partial charge < -0.3 is 20.5 Å². The molecule has 1 aliphatic rings. The molecule has 2 amide bonds. The zero-order valence-corrected chi connectivity index (χ0v) is 19.8. The third-order valence-electron chi connectivity index (χ3n) is 6.09. The Hall–Kier alpha value is -4.59. The van der Waals surface area contributed by atoms with Crippen LogP contribution in [0.2, 0.25) is 0 Å². The van der Waals surface area contributed by atoms with E-state index in [2.05, 4.69) is 15.7 Å². The number of phenols is 1. The normalized spacial score (nSPS) is 12.7. The minimum absolute atomic E-state index is 0.00183. The van der Waals surface area contributed by atoms with Crippen LogP contribution in [0.4, 0.5) is 10.5 Å². The number of nitrogens with one attached hydrogen (secondary N) is 2. The van der Waals surface area contributed by atoms with Gasteiger partial charge in [0.2, 0.25) is 0 Å². The largest absolute Gasteiger partial charge is 0.507 e. The van der Waals surface area contributed by atoms with Gasteiger partial charge >= 0.3 is 6.03 Å². The lowest BCUT2D eigenvalue weighted by atomic mass is 10.1. The van der Waals surface area contributed by atoms with E-state index in [0.29, 0.717) is 34.8 Å². The second-order valence-electron chi connectivity index (χ2n) is 8.67. The van der Waals surface area contributed by atoms with Gasteiger partial charge in [-0.1, -0.05) is 42.5 Å². The Labute approximate surface area is 208 Å². The van der Waals surface area contributed by atoms with Gasteiger partial charge in [-0.2, -0.15) is 9.78 Å². The van der Waals surface area contributed by atoms with Crippen LogP contribution in [0.5, 0.6) is 11.5 Å². The molecule has 3 N–H and O–H groups in total. The van der Waals surface area contributed by atoms with Crippen molar-refractivity contribution < 1.29 is 19.4 Å². The van der Waals surface area contributed by atoms with Crippen LogP contribution < -0.4 is 15.4 Å². The van der Waals surface area contributed by atoms with Crippen LogP contribution in [0, 0.1) is 0 Å². The molecule has 5 rings (SSSR count). The highest BCUT2D eigenvalue weighted by Crippen LogP contribution is 2.42. The molecule has 0 radical (unpaired) electrons. The Morgan fingerprint density at radius 1 is 1.03 bits per heavy atom. The highest BCUT2D eigenvalue weighted by atomic mass is 16.5. The Kier molecular flexibility index (Phi) is 6.40. The van der Waals surface area contributed by atoms with Crippen molar-refractivity contribution in [3.63, 3.8) is 0 Å². The first kappa shape index (κ1) is 23.2. The number of ether oxygens (including phenoxy) is 1. The molecule has 8 nitrogen and oxygen atoms in total. The van der Waals surface area contributed by atoms with Gasteiger partial charge in [0.1, 0.15) is 11.5 Å². The van der Waals surface area contributed by atoms with Crippen LogP contribution in [0.15, 0.2) is 78.9 Å². The number of carbonyl (C=O) groups excluding carboxylic acids is 2. The predicted molar refractivity (Wildman–Crippen MR) is 136 cm³/mol. The average molecular weight is 483 g/mol. The number of aromatic nitrogens is 2. The van der Waals surface area contributed by atoms with Crippen molar-refractivity contribution in [1.82, 2.24) is 15.1 Å². The quantitative estimate of drug-likeness (QED) is 0.316. The molecule has 1 aromatic heterocycles. The summed E-state index contributed by atoms with van der Waals surface area (Å²) in [5.41, 5.74) is 3.54. The Morgan fingerprint density at radius 3 is 2.53 bits per heavy atom. The van der Waals surface area contributed by atoms with Crippen molar-refractivity contribution in [2.45, 2.75) is 25.3 Å². The molecule has 1 saturated carbocycles. The first-order valence-corrected chi connectivity index (χ1v) is 11.7. The zero-order valence-electron chi connectivity index (χ0n) is 19.8. The number of para-hydroxylation sites is 1. The molecule has 1 fully saturated rings. The Balaban J connectivity index is 1.40. The van der Waals surface area contributed by atoms with E-state index in [-0.39, 0.29) is 23.6 Å². The van der Waals surface area contributed by atoms with Crippen molar-refractivity contribution in [2.24, 2.45) is 0 Å². The van der Waals surface area contributed by atoms with E-state index in [1.807, 2.05) is 36.4 Å². The number of methoxy groups -OCH3 is 1. The van der Waals surface area contributed by atoms with E-state index in [4.69, 9.17) is 4.74 Å². The van der Waals surface area contributed by atoms with E-state index < -0.39 is 0 Å². The number of aromatic hydroxyl groups is 1. The van der Waals surface area contributed by atoms with Gasteiger partial charge in [0.15, 0.2) is 0 Å². The van der Waals surface area contributed by atoms with Crippen LogP contribution >= 0.6 is 0 Å². The molecule has 0 aliphatic heterocycles. The summed E-state index contributed by atoms with van der Waals surface area (Å²) in [6.45, 7) is 0.384. The van der Waals surface area contributed by atoms with Crippen LogP contribution in [0.25, 0.3) is 11.3 Å². The van der Waals surface area contributed by atoms with Gasteiger partial charge in [-0.15, -0.1) is 0 Å². The highest BCUT2D eigenvalue weighted by Gasteiger charge is 2.31. The van der Waals surface area contributed by atoms with Crippen molar-refractivity contribution in [3.05, 3.63) is 95.7 Å². The Bertz CT molecular complexity index is 1410. The number of benzene rings is 3. The number of hydrogen-bond acceptors (Lipinski definition) is 5. The second kappa shape index (κ2) is 9.95. The monoisotopic (exact) mass is 482 g/mol. The molecule has 4 aromatic rings. The molecule has 36 heavy (non-hydrogen) atoms. The maximum atomic E-state index is 13.0. The molecule has 0 unspecified atom stereocenters. The third kappa shape index (κ3) is 4.93. The molecule has 1 aliphatic carbocycles. The fraction of sp³-hybridized carbons (Fsp3) is 0.179. The summed E-state index contributed by atoms with van der Waals surface area (Å²) in [5, 5.41) is 20.9. The van der Waals surface area contributed by atoms with Crippen molar-refractivity contribution >= 4 is 17.6 Å². The number of rotatable bonds is 7. The van der Waals surface area contributed by atoms with E-state index in [1.165, 1.54) is 17.9 Å². The molecule has 0 bridgehead atoms. The minimum atomic E-state index is -0.339. The van der Waals surface area contributed by atoms with E-state index >= 15 is 0 Å². The van der Waals surface area contributed by atoms with Crippen molar-refractivity contribution in [3.8, 4) is 22.8 Å². The average Bonchev–Trinajstić information content (AvgIpc) is 3.67. The molecular formula is C28H26N4O4. The van der Waals surface area contributed by atoms with Gasteiger partial charge in [-0.05, 0) is 54.8 Å². The molecule has 3 aromatic carbocycles. The topological polar surface area (TPSA) is 105 Å². The number of phenolic OH excluding ortho intramolecular Hbond substituents is 1. The lowest BCUT2D eigenvalue weighted by molar-refractivity contribution is 0.102. The lowest BCUT2D eigenvalue weighted by Crippen LogP contribution is -2.30.